The Bertz CT molecular complexity index is 1420. The van der Waals surface area contributed by atoms with Crippen LogP contribution in [0.4, 0.5) is 14.6 Å². The lowest BCUT2D eigenvalue weighted by atomic mass is 10.0. The number of hydrogen-bond donors (Lipinski definition) is 2. The molecule has 0 fully saturated rings. The molecule has 4 nitrogen and oxygen atoms in total. The highest BCUT2D eigenvalue weighted by molar-refractivity contribution is 7.22. The van der Waals surface area contributed by atoms with E-state index in [9.17, 15) is 8.78 Å². The van der Waals surface area contributed by atoms with Gasteiger partial charge in [0.15, 0.2) is 0 Å². The lowest BCUT2D eigenvalue weighted by molar-refractivity contribution is 0.628. The van der Waals surface area contributed by atoms with Gasteiger partial charge in [-0.25, -0.2) is 18.7 Å². The van der Waals surface area contributed by atoms with Crippen molar-refractivity contribution < 1.29 is 8.78 Å². The van der Waals surface area contributed by atoms with Gasteiger partial charge in [-0.05, 0) is 61.2 Å². The molecule has 0 saturated heterocycles. The Balaban J connectivity index is 1.41. The average molecular weight is 435 g/mol. The van der Waals surface area contributed by atoms with Crippen LogP contribution in [0.15, 0.2) is 48.8 Å². The van der Waals surface area contributed by atoms with E-state index in [2.05, 4.69) is 20.3 Å². The van der Waals surface area contributed by atoms with Gasteiger partial charge in [0, 0.05) is 22.5 Å². The van der Waals surface area contributed by atoms with E-state index in [1.54, 1.807) is 6.07 Å². The molecule has 0 radical (unpaired) electrons. The molecule has 2 aromatic carbocycles. The quantitative estimate of drug-likeness (QED) is 0.337. The maximum atomic E-state index is 14.2. The summed E-state index contributed by atoms with van der Waals surface area (Å²) in [5.41, 5.74) is 5.34. The number of benzene rings is 2. The van der Waals surface area contributed by atoms with Crippen LogP contribution in [0.25, 0.3) is 31.6 Å². The second-order valence-corrected chi connectivity index (χ2v) is 8.63. The number of H-pyrrole nitrogens is 1. The Morgan fingerprint density at radius 1 is 1.06 bits per heavy atom. The monoisotopic (exact) mass is 434 g/mol. The predicted molar refractivity (Wildman–Crippen MR) is 123 cm³/mol. The van der Waals surface area contributed by atoms with E-state index in [1.165, 1.54) is 35.9 Å². The van der Waals surface area contributed by atoms with Gasteiger partial charge >= 0.3 is 0 Å². The largest absolute Gasteiger partial charge is 0.368 e. The summed E-state index contributed by atoms with van der Waals surface area (Å²) in [7, 11) is 0. The number of halogens is 2. The highest BCUT2D eigenvalue weighted by atomic mass is 32.1. The topological polar surface area (TPSA) is 53.6 Å². The van der Waals surface area contributed by atoms with E-state index < -0.39 is 0 Å². The molecule has 0 atom stereocenters. The third kappa shape index (κ3) is 3.55. The summed E-state index contributed by atoms with van der Waals surface area (Å²) in [4.78, 5) is 12.9. The Labute approximate surface area is 182 Å². The highest BCUT2D eigenvalue weighted by Gasteiger charge is 2.15. The normalized spacial score (nSPS) is 11.5. The lowest BCUT2D eigenvalue weighted by Gasteiger charge is -2.07. The van der Waals surface area contributed by atoms with Crippen molar-refractivity contribution in [1.82, 2.24) is 15.0 Å². The van der Waals surface area contributed by atoms with Crippen LogP contribution in [0.3, 0.4) is 0 Å². The van der Waals surface area contributed by atoms with E-state index in [-0.39, 0.29) is 11.6 Å². The number of fused-ring (bicyclic) bond motifs is 2. The lowest BCUT2D eigenvalue weighted by Crippen LogP contribution is -2.07. The number of aromatic nitrogens is 3. The number of aryl methyl sites for hydroxylation is 2. The van der Waals surface area contributed by atoms with Gasteiger partial charge in [-0.2, -0.15) is 0 Å². The van der Waals surface area contributed by atoms with E-state index in [1.807, 2.05) is 32.0 Å². The summed E-state index contributed by atoms with van der Waals surface area (Å²) in [6, 6.07) is 11.8. The second kappa shape index (κ2) is 7.74. The van der Waals surface area contributed by atoms with E-state index in [0.717, 1.165) is 55.1 Å². The zero-order chi connectivity index (χ0) is 21.5. The molecule has 0 bridgehead atoms. The number of aromatic amines is 1. The number of rotatable bonds is 5. The van der Waals surface area contributed by atoms with Crippen molar-refractivity contribution in [3.05, 3.63) is 77.2 Å². The van der Waals surface area contributed by atoms with Crippen molar-refractivity contribution in [2.75, 3.05) is 11.9 Å². The number of hydrogen-bond acceptors (Lipinski definition) is 4. The van der Waals surface area contributed by atoms with Crippen LogP contribution in [-0.4, -0.2) is 21.5 Å². The third-order valence-electron chi connectivity index (χ3n) is 5.52. The molecule has 5 rings (SSSR count). The first kappa shape index (κ1) is 19.6. The average Bonchev–Trinajstić information content (AvgIpc) is 3.34. The molecule has 156 valence electrons. The molecule has 2 N–H and O–H groups in total. The SMILES string of the molecule is Cc1[nH]c2c(F)ccc(C)c2c1CCNc1ncnc2cc(-c3cccc(F)c3)sc12. The first-order valence-corrected chi connectivity index (χ1v) is 10.8. The van der Waals surface area contributed by atoms with Crippen LogP contribution in [0.2, 0.25) is 0 Å². The Morgan fingerprint density at radius 2 is 1.94 bits per heavy atom. The number of thiophene rings is 1. The fraction of sp³-hybridized carbons (Fsp3) is 0.167. The van der Waals surface area contributed by atoms with Crippen LogP contribution < -0.4 is 5.32 Å². The molecular weight excluding hydrogens is 414 g/mol. The summed E-state index contributed by atoms with van der Waals surface area (Å²) < 4.78 is 28.8. The minimum atomic E-state index is -0.264. The minimum absolute atomic E-state index is 0.233. The van der Waals surface area contributed by atoms with Gasteiger partial charge in [0.1, 0.15) is 23.8 Å². The fourth-order valence-electron chi connectivity index (χ4n) is 4.03. The molecule has 0 aliphatic carbocycles. The molecule has 0 saturated carbocycles. The van der Waals surface area contributed by atoms with Crippen LogP contribution >= 0.6 is 11.3 Å². The Hall–Kier alpha value is -3.32. The van der Waals surface area contributed by atoms with Crippen LogP contribution in [-0.2, 0) is 6.42 Å². The van der Waals surface area contributed by atoms with Crippen molar-refractivity contribution in [3.63, 3.8) is 0 Å². The van der Waals surface area contributed by atoms with Gasteiger partial charge in [-0.15, -0.1) is 11.3 Å². The van der Waals surface area contributed by atoms with Crippen molar-refractivity contribution >= 4 is 38.3 Å². The van der Waals surface area contributed by atoms with Crippen LogP contribution in [0.5, 0.6) is 0 Å². The van der Waals surface area contributed by atoms with Crippen molar-refractivity contribution in [2.24, 2.45) is 0 Å². The van der Waals surface area contributed by atoms with Gasteiger partial charge in [-0.1, -0.05) is 18.2 Å². The number of nitrogens with zero attached hydrogens (tertiary/aromatic N) is 2. The molecule has 0 unspecified atom stereocenters. The van der Waals surface area contributed by atoms with E-state index in [0.29, 0.717) is 12.1 Å². The Morgan fingerprint density at radius 3 is 2.77 bits per heavy atom. The molecule has 0 amide bonds. The maximum Gasteiger partial charge on any atom is 0.147 e. The van der Waals surface area contributed by atoms with Crippen molar-refractivity contribution in [3.8, 4) is 10.4 Å². The van der Waals surface area contributed by atoms with Crippen LogP contribution in [0, 0.1) is 25.5 Å². The summed E-state index contributed by atoms with van der Waals surface area (Å²) in [6.07, 6.45) is 2.26. The maximum absolute atomic E-state index is 14.2. The standard InChI is InChI=1S/C24H20F2N4S/c1-13-6-7-18(26)22-21(13)17(14(2)30-22)8-9-27-24-23-19(28-12-29-24)11-20(31-23)15-4-3-5-16(25)10-15/h3-7,10-12,30H,8-9H2,1-2H3,(H,27,28,29). The van der Waals surface area contributed by atoms with Crippen molar-refractivity contribution in [2.45, 2.75) is 20.3 Å². The first-order chi connectivity index (χ1) is 15.0. The van der Waals surface area contributed by atoms with Gasteiger partial charge in [0.05, 0.1) is 15.7 Å². The van der Waals surface area contributed by atoms with Crippen molar-refractivity contribution in [1.29, 1.82) is 0 Å². The van der Waals surface area contributed by atoms with E-state index in [4.69, 9.17) is 0 Å². The molecule has 3 heterocycles. The summed E-state index contributed by atoms with van der Waals surface area (Å²) >= 11 is 1.53. The molecule has 7 heteroatoms. The molecule has 0 aliphatic heterocycles. The summed E-state index contributed by atoms with van der Waals surface area (Å²) in [5.74, 6) is 0.252. The van der Waals surface area contributed by atoms with Gasteiger partial charge in [0.25, 0.3) is 0 Å². The third-order valence-corrected chi connectivity index (χ3v) is 6.70. The van der Waals surface area contributed by atoms with E-state index >= 15 is 0 Å². The molecular formula is C24H20F2N4S. The summed E-state index contributed by atoms with van der Waals surface area (Å²) in [6.45, 7) is 4.62. The molecule has 0 aliphatic rings. The van der Waals surface area contributed by atoms with Gasteiger partial charge in [0.2, 0.25) is 0 Å². The fourth-order valence-corrected chi connectivity index (χ4v) is 5.10. The molecule has 3 aromatic heterocycles. The molecule has 31 heavy (non-hydrogen) atoms. The predicted octanol–water partition coefficient (Wildman–Crippen LogP) is 6.39. The second-order valence-electron chi connectivity index (χ2n) is 7.58. The molecule has 0 spiro atoms. The number of anilines is 1. The zero-order valence-corrected chi connectivity index (χ0v) is 17.9. The van der Waals surface area contributed by atoms with Gasteiger partial charge in [-0.3, -0.25) is 0 Å². The Kier molecular flexibility index (Phi) is 4.90. The summed E-state index contributed by atoms with van der Waals surface area (Å²) in [5, 5.41) is 4.36. The first-order valence-electron chi connectivity index (χ1n) is 10.0. The van der Waals surface area contributed by atoms with Gasteiger partial charge < -0.3 is 10.3 Å². The smallest absolute Gasteiger partial charge is 0.147 e. The number of nitrogens with one attached hydrogen (secondary N) is 2. The molecule has 5 aromatic rings. The highest BCUT2D eigenvalue weighted by Crippen LogP contribution is 2.36. The van der Waals surface area contributed by atoms with Crippen LogP contribution in [0.1, 0.15) is 16.8 Å². The zero-order valence-electron chi connectivity index (χ0n) is 17.1. The minimum Gasteiger partial charge on any atom is -0.368 e.